The highest BCUT2D eigenvalue weighted by molar-refractivity contribution is 4.71. The topological polar surface area (TPSA) is 21.3 Å². The van der Waals surface area contributed by atoms with Gasteiger partial charge >= 0.3 is 0 Å². The zero-order valence-corrected chi connectivity index (χ0v) is 8.47. The molecular formula is C10H21NO. The van der Waals surface area contributed by atoms with Crippen LogP contribution in [0.4, 0.5) is 0 Å². The molecule has 72 valence electrons. The highest BCUT2D eigenvalue weighted by Gasteiger charge is 2.16. The maximum Gasteiger partial charge on any atom is 0.0507 e. The molecule has 1 aliphatic rings. The summed E-state index contributed by atoms with van der Waals surface area (Å²) in [4.78, 5) is 0. The molecule has 1 heterocycles. The molecule has 0 amide bonds. The van der Waals surface area contributed by atoms with Crippen molar-refractivity contribution >= 4 is 0 Å². The second-order valence-corrected chi connectivity index (χ2v) is 4.17. The fourth-order valence-electron chi connectivity index (χ4n) is 1.33. The fraction of sp³-hybridized carbons (Fsp3) is 1.00. The van der Waals surface area contributed by atoms with E-state index in [-0.39, 0.29) is 0 Å². The molecule has 1 saturated heterocycles. The zero-order chi connectivity index (χ0) is 8.97. The van der Waals surface area contributed by atoms with Crippen molar-refractivity contribution in [3.63, 3.8) is 0 Å². The molecule has 1 N–H and O–H groups in total. The third-order valence-electron chi connectivity index (χ3n) is 2.75. The molecule has 0 bridgehead atoms. The molecule has 0 aromatic carbocycles. The summed E-state index contributed by atoms with van der Waals surface area (Å²) >= 11 is 0. The van der Waals surface area contributed by atoms with E-state index in [9.17, 15) is 0 Å². The van der Waals surface area contributed by atoms with Crippen molar-refractivity contribution in [3.05, 3.63) is 0 Å². The Labute approximate surface area is 75.7 Å². The van der Waals surface area contributed by atoms with Gasteiger partial charge in [0.05, 0.1) is 6.61 Å². The van der Waals surface area contributed by atoms with Crippen molar-refractivity contribution in [2.75, 3.05) is 19.8 Å². The van der Waals surface area contributed by atoms with Gasteiger partial charge in [0.1, 0.15) is 0 Å². The maximum absolute atomic E-state index is 5.31. The normalized spacial score (nSPS) is 26.5. The Morgan fingerprint density at radius 3 is 2.67 bits per heavy atom. The predicted octanol–water partition coefficient (Wildman–Crippen LogP) is 1.66. The van der Waals surface area contributed by atoms with Crippen molar-refractivity contribution in [1.29, 1.82) is 0 Å². The summed E-state index contributed by atoms with van der Waals surface area (Å²) in [6.45, 7) is 9.80. The Morgan fingerprint density at radius 1 is 1.42 bits per heavy atom. The Hall–Kier alpha value is -0.0800. The van der Waals surface area contributed by atoms with E-state index < -0.39 is 0 Å². The van der Waals surface area contributed by atoms with Gasteiger partial charge in [-0.2, -0.15) is 0 Å². The van der Waals surface area contributed by atoms with E-state index in [4.69, 9.17) is 4.74 Å². The van der Waals surface area contributed by atoms with Crippen LogP contribution in [0.25, 0.3) is 0 Å². The van der Waals surface area contributed by atoms with Gasteiger partial charge in [0.25, 0.3) is 0 Å². The third kappa shape index (κ3) is 3.11. The summed E-state index contributed by atoms with van der Waals surface area (Å²) in [7, 11) is 0. The van der Waals surface area contributed by atoms with E-state index in [0.29, 0.717) is 6.04 Å². The molecule has 2 nitrogen and oxygen atoms in total. The molecule has 1 aliphatic heterocycles. The molecule has 1 fully saturated rings. The average molecular weight is 171 g/mol. The quantitative estimate of drug-likeness (QED) is 0.694. The molecule has 0 aromatic heterocycles. The summed E-state index contributed by atoms with van der Waals surface area (Å²) in [5.41, 5.74) is 0. The van der Waals surface area contributed by atoms with Gasteiger partial charge in [0.2, 0.25) is 0 Å². The monoisotopic (exact) mass is 171 g/mol. The second-order valence-electron chi connectivity index (χ2n) is 4.17. The summed E-state index contributed by atoms with van der Waals surface area (Å²) in [5, 5.41) is 3.54. The van der Waals surface area contributed by atoms with E-state index in [0.717, 1.165) is 31.6 Å². The zero-order valence-electron chi connectivity index (χ0n) is 8.47. The summed E-state index contributed by atoms with van der Waals surface area (Å²) in [5.74, 6) is 1.48. The molecule has 0 aliphatic carbocycles. The maximum atomic E-state index is 5.31. The summed E-state index contributed by atoms with van der Waals surface area (Å²) < 4.78 is 5.31. The summed E-state index contributed by atoms with van der Waals surface area (Å²) in [6, 6.07) is 0.630. The van der Waals surface area contributed by atoms with Crippen LogP contribution in [0.3, 0.4) is 0 Å². The van der Waals surface area contributed by atoms with E-state index in [2.05, 4.69) is 26.1 Å². The fourth-order valence-corrected chi connectivity index (χ4v) is 1.33. The lowest BCUT2D eigenvalue weighted by molar-refractivity contribution is 0.184. The lowest BCUT2D eigenvalue weighted by Crippen LogP contribution is -2.34. The van der Waals surface area contributed by atoms with Crippen LogP contribution in [0.2, 0.25) is 0 Å². The van der Waals surface area contributed by atoms with E-state index in [1.54, 1.807) is 0 Å². The average Bonchev–Trinajstić information content (AvgIpc) is 2.51. The minimum Gasteiger partial charge on any atom is -0.381 e. The van der Waals surface area contributed by atoms with Gasteiger partial charge < -0.3 is 10.1 Å². The van der Waals surface area contributed by atoms with E-state index >= 15 is 0 Å². The first-order valence-electron chi connectivity index (χ1n) is 5.01. The van der Waals surface area contributed by atoms with E-state index in [1.807, 2.05) is 0 Å². The van der Waals surface area contributed by atoms with Gasteiger partial charge in [-0.3, -0.25) is 0 Å². The van der Waals surface area contributed by atoms with Crippen molar-refractivity contribution in [1.82, 2.24) is 5.32 Å². The molecule has 2 heteroatoms. The standard InChI is InChI=1S/C10H21NO/c1-8(2)9(3)11-6-10-4-5-12-7-10/h8-11H,4-7H2,1-3H3. The van der Waals surface area contributed by atoms with Crippen molar-refractivity contribution < 1.29 is 4.74 Å². The van der Waals surface area contributed by atoms with E-state index in [1.165, 1.54) is 6.42 Å². The molecule has 2 atom stereocenters. The first-order chi connectivity index (χ1) is 5.70. The first kappa shape index (κ1) is 10.0. The number of ether oxygens (including phenoxy) is 1. The van der Waals surface area contributed by atoms with Crippen LogP contribution >= 0.6 is 0 Å². The van der Waals surface area contributed by atoms with Crippen LogP contribution in [0.5, 0.6) is 0 Å². The molecular weight excluding hydrogens is 150 g/mol. The van der Waals surface area contributed by atoms with Crippen molar-refractivity contribution in [2.24, 2.45) is 11.8 Å². The van der Waals surface area contributed by atoms with Crippen LogP contribution in [0, 0.1) is 11.8 Å². The summed E-state index contributed by atoms with van der Waals surface area (Å²) in [6.07, 6.45) is 1.23. The molecule has 2 unspecified atom stereocenters. The van der Waals surface area contributed by atoms with Crippen LogP contribution in [-0.2, 0) is 4.74 Å². The Kier molecular flexibility index (Phi) is 4.02. The highest BCUT2D eigenvalue weighted by atomic mass is 16.5. The highest BCUT2D eigenvalue weighted by Crippen LogP contribution is 2.11. The number of nitrogens with one attached hydrogen (secondary N) is 1. The smallest absolute Gasteiger partial charge is 0.0507 e. The molecule has 0 saturated carbocycles. The molecule has 0 aromatic rings. The van der Waals surface area contributed by atoms with Crippen molar-refractivity contribution in [2.45, 2.75) is 33.2 Å². The van der Waals surface area contributed by atoms with Gasteiger partial charge in [-0.15, -0.1) is 0 Å². The van der Waals surface area contributed by atoms with Crippen molar-refractivity contribution in [3.8, 4) is 0 Å². The van der Waals surface area contributed by atoms with Gasteiger partial charge in [0.15, 0.2) is 0 Å². The Balaban J connectivity index is 2.07. The van der Waals surface area contributed by atoms with Crippen LogP contribution in [0.15, 0.2) is 0 Å². The molecule has 1 rings (SSSR count). The Morgan fingerprint density at radius 2 is 2.17 bits per heavy atom. The minimum absolute atomic E-state index is 0.630. The lowest BCUT2D eigenvalue weighted by atomic mass is 10.0. The third-order valence-corrected chi connectivity index (χ3v) is 2.75. The van der Waals surface area contributed by atoms with Gasteiger partial charge in [-0.1, -0.05) is 13.8 Å². The largest absolute Gasteiger partial charge is 0.381 e. The molecule has 0 radical (unpaired) electrons. The molecule has 0 spiro atoms. The predicted molar refractivity (Wildman–Crippen MR) is 51.2 cm³/mol. The first-order valence-corrected chi connectivity index (χ1v) is 5.01. The number of hydrogen-bond acceptors (Lipinski definition) is 2. The Bertz CT molecular complexity index is 117. The molecule has 12 heavy (non-hydrogen) atoms. The van der Waals surface area contributed by atoms with Gasteiger partial charge in [-0.05, 0) is 25.2 Å². The number of rotatable bonds is 4. The SMILES string of the molecule is CC(C)C(C)NCC1CCOC1. The minimum atomic E-state index is 0.630. The van der Waals surface area contributed by atoms with Crippen LogP contribution in [-0.4, -0.2) is 25.8 Å². The van der Waals surface area contributed by atoms with Crippen LogP contribution in [0.1, 0.15) is 27.2 Å². The number of hydrogen-bond donors (Lipinski definition) is 1. The van der Waals surface area contributed by atoms with Gasteiger partial charge in [-0.25, -0.2) is 0 Å². The lowest BCUT2D eigenvalue weighted by Gasteiger charge is -2.19. The van der Waals surface area contributed by atoms with Crippen LogP contribution < -0.4 is 5.32 Å². The second kappa shape index (κ2) is 4.83. The van der Waals surface area contributed by atoms with Gasteiger partial charge in [0, 0.05) is 19.2 Å².